The molecule has 1 heterocycles. The molecule has 0 fully saturated rings. The number of pyridine rings is 1. The molecular formula is C23H26N4O4S. The number of sulfonamides is 1. The Kier molecular flexibility index (Phi) is 7.45. The van der Waals surface area contributed by atoms with Gasteiger partial charge in [-0.3, -0.25) is 4.79 Å². The van der Waals surface area contributed by atoms with E-state index in [0.29, 0.717) is 18.7 Å². The van der Waals surface area contributed by atoms with Crippen molar-refractivity contribution >= 4 is 16.1 Å². The zero-order valence-corrected chi connectivity index (χ0v) is 18.8. The zero-order valence-electron chi connectivity index (χ0n) is 18.0. The van der Waals surface area contributed by atoms with Crippen molar-refractivity contribution in [1.82, 2.24) is 19.5 Å². The van der Waals surface area contributed by atoms with Crippen LogP contribution in [0.2, 0.25) is 0 Å². The number of nitrogens with zero attached hydrogens (tertiary/aromatic N) is 2. The average Bonchev–Trinajstić information content (AvgIpc) is 2.78. The van der Waals surface area contributed by atoms with Gasteiger partial charge in [0.05, 0.1) is 11.4 Å². The van der Waals surface area contributed by atoms with E-state index in [1.54, 1.807) is 35.0 Å². The molecule has 168 valence electrons. The number of hydrogen-bond donors (Lipinski definition) is 2. The molecule has 0 saturated heterocycles. The summed E-state index contributed by atoms with van der Waals surface area (Å²) in [5, 5.41) is 5.46. The molecule has 1 aromatic heterocycles. The Morgan fingerprint density at radius 3 is 2.19 bits per heavy atom. The lowest BCUT2D eigenvalue weighted by atomic mass is 10.1. The number of amides is 2. The van der Waals surface area contributed by atoms with Crippen molar-refractivity contribution in [2.45, 2.75) is 24.5 Å². The molecule has 0 saturated carbocycles. The topological polar surface area (TPSA) is 101 Å². The summed E-state index contributed by atoms with van der Waals surface area (Å²) >= 11 is 0. The first-order valence-electron chi connectivity index (χ1n) is 10.0. The molecular weight excluding hydrogens is 428 g/mol. The van der Waals surface area contributed by atoms with Crippen LogP contribution in [0.5, 0.6) is 0 Å². The Labute approximate surface area is 187 Å². The zero-order chi connectivity index (χ0) is 23.1. The van der Waals surface area contributed by atoms with E-state index >= 15 is 0 Å². The summed E-state index contributed by atoms with van der Waals surface area (Å²) in [4.78, 5) is 24.2. The number of benzene rings is 2. The highest BCUT2D eigenvalue weighted by Gasteiger charge is 2.20. The van der Waals surface area contributed by atoms with Gasteiger partial charge in [0.1, 0.15) is 0 Å². The van der Waals surface area contributed by atoms with Gasteiger partial charge in [-0.1, -0.05) is 48.5 Å². The molecule has 0 radical (unpaired) electrons. The van der Waals surface area contributed by atoms with Gasteiger partial charge in [-0.15, -0.1) is 0 Å². The Morgan fingerprint density at radius 2 is 1.50 bits per heavy atom. The van der Waals surface area contributed by atoms with Crippen molar-refractivity contribution in [2.75, 3.05) is 14.1 Å². The second-order valence-electron chi connectivity index (χ2n) is 7.41. The smallest absolute Gasteiger partial charge is 0.315 e. The van der Waals surface area contributed by atoms with E-state index in [1.807, 2.05) is 30.3 Å². The minimum atomic E-state index is -3.60. The lowest BCUT2D eigenvalue weighted by Crippen LogP contribution is -2.35. The maximum absolute atomic E-state index is 12.4. The van der Waals surface area contributed by atoms with Crippen LogP contribution in [0.15, 0.2) is 82.6 Å². The highest BCUT2D eigenvalue weighted by Crippen LogP contribution is 2.18. The second kappa shape index (κ2) is 10.3. The standard InChI is InChI=1S/C23H26N4O4S/c1-26(2)32(30,31)21-8-4-3-7-20(21)16-25-23(29)24-15-18-10-12-19(13-11-18)17-27-14-6-5-9-22(27)28/h3-14H,15-17H2,1-2H3,(H2,24,25,29). The van der Waals surface area contributed by atoms with Gasteiger partial charge >= 0.3 is 6.03 Å². The van der Waals surface area contributed by atoms with E-state index in [-0.39, 0.29) is 17.0 Å². The molecule has 0 atom stereocenters. The first-order chi connectivity index (χ1) is 15.3. The monoisotopic (exact) mass is 454 g/mol. The van der Waals surface area contributed by atoms with Crippen LogP contribution in [0.25, 0.3) is 0 Å². The van der Waals surface area contributed by atoms with E-state index in [1.165, 1.54) is 26.2 Å². The van der Waals surface area contributed by atoms with E-state index in [9.17, 15) is 18.0 Å². The van der Waals surface area contributed by atoms with Gasteiger partial charge in [-0.2, -0.15) is 0 Å². The first kappa shape index (κ1) is 23.2. The van der Waals surface area contributed by atoms with E-state index in [2.05, 4.69) is 10.6 Å². The quantitative estimate of drug-likeness (QED) is 0.545. The van der Waals surface area contributed by atoms with E-state index < -0.39 is 16.1 Å². The van der Waals surface area contributed by atoms with Crippen LogP contribution in [-0.4, -0.2) is 37.4 Å². The predicted octanol–water partition coefficient (Wildman–Crippen LogP) is 2.15. The Bertz CT molecular complexity index is 1240. The molecule has 2 aromatic carbocycles. The second-order valence-corrected chi connectivity index (χ2v) is 9.53. The number of carbonyl (C=O) groups is 1. The third kappa shape index (κ3) is 5.83. The van der Waals surface area contributed by atoms with Crippen LogP contribution in [0.3, 0.4) is 0 Å². The third-order valence-electron chi connectivity index (χ3n) is 4.90. The normalized spacial score (nSPS) is 11.3. The van der Waals surface area contributed by atoms with Gasteiger partial charge < -0.3 is 15.2 Å². The van der Waals surface area contributed by atoms with Crippen molar-refractivity contribution in [3.8, 4) is 0 Å². The van der Waals surface area contributed by atoms with Gasteiger partial charge in [0.25, 0.3) is 5.56 Å². The highest BCUT2D eigenvalue weighted by atomic mass is 32.2. The van der Waals surface area contributed by atoms with Crippen molar-refractivity contribution in [2.24, 2.45) is 0 Å². The van der Waals surface area contributed by atoms with E-state index in [0.717, 1.165) is 15.4 Å². The van der Waals surface area contributed by atoms with Gasteiger partial charge in [-0.05, 0) is 28.8 Å². The van der Waals surface area contributed by atoms with Crippen molar-refractivity contribution in [3.05, 3.63) is 100.0 Å². The molecule has 0 unspecified atom stereocenters. The largest absolute Gasteiger partial charge is 0.334 e. The lowest BCUT2D eigenvalue weighted by Gasteiger charge is -2.15. The van der Waals surface area contributed by atoms with Crippen LogP contribution in [0, 0.1) is 0 Å². The minimum Gasteiger partial charge on any atom is -0.334 e. The molecule has 3 rings (SSSR count). The summed E-state index contributed by atoms with van der Waals surface area (Å²) in [6.07, 6.45) is 1.74. The fourth-order valence-corrected chi connectivity index (χ4v) is 4.18. The number of carbonyl (C=O) groups excluding carboxylic acids is 1. The molecule has 0 spiro atoms. The molecule has 2 N–H and O–H groups in total. The summed E-state index contributed by atoms with van der Waals surface area (Å²) < 4.78 is 27.7. The summed E-state index contributed by atoms with van der Waals surface area (Å²) in [5.74, 6) is 0. The Hall–Kier alpha value is -3.43. The van der Waals surface area contributed by atoms with Gasteiger partial charge in [-0.25, -0.2) is 17.5 Å². The molecule has 8 nitrogen and oxygen atoms in total. The molecule has 0 aliphatic heterocycles. The summed E-state index contributed by atoms with van der Waals surface area (Å²) in [6.45, 7) is 0.873. The minimum absolute atomic E-state index is 0.0603. The van der Waals surface area contributed by atoms with Gasteiger partial charge in [0.15, 0.2) is 0 Å². The van der Waals surface area contributed by atoms with Crippen LogP contribution >= 0.6 is 0 Å². The van der Waals surface area contributed by atoms with Crippen LogP contribution in [0.1, 0.15) is 16.7 Å². The van der Waals surface area contributed by atoms with Gasteiger partial charge in [0, 0.05) is 39.4 Å². The predicted molar refractivity (Wildman–Crippen MR) is 123 cm³/mol. The van der Waals surface area contributed by atoms with Crippen molar-refractivity contribution < 1.29 is 13.2 Å². The highest BCUT2D eigenvalue weighted by molar-refractivity contribution is 7.89. The number of urea groups is 1. The Morgan fingerprint density at radius 1 is 0.875 bits per heavy atom. The average molecular weight is 455 g/mol. The maximum atomic E-state index is 12.4. The van der Waals surface area contributed by atoms with Crippen LogP contribution in [-0.2, 0) is 29.7 Å². The SMILES string of the molecule is CN(C)S(=O)(=O)c1ccccc1CNC(=O)NCc1ccc(Cn2ccccc2=O)cc1. The van der Waals surface area contributed by atoms with E-state index in [4.69, 9.17) is 0 Å². The fourth-order valence-electron chi connectivity index (χ4n) is 3.07. The molecule has 0 aliphatic rings. The first-order valence-corrected chi connectivity index (χ1v) is 11.5. The molecule has 32 heavy (non-hydrogen) atoms. The molecule has 0 aliphatic carbocycles. The van der Waals surface area contributed by atoms with Crippen molar-refractivity contribution in [1.29, 1.82) is 0 Å². The fraction of sp³-hybridized carbons (Fsp3) is 0.217. The molecule has 3 aromatic rings. The number of rotatable bonds is 8. The summed E-state index contributed by atoms with van der Waals surface area (Å²) in [5.41, 5.74) is 2.33. The number of hydrogen-bond acceptors (Lipinski definition) is 4. The molecule has 0 bridgehead atoms. The third-order valence-corrected chi connectivity index (χ3v) is 6.81. The summed E-state index contributed by atoms with van der Waals surface area (Å²) in [7, 11) is -0.664. The van der Waals surface area contributed by atoms with Crippen LogP contribution < -0.4 is 16.2 Å². The molecule has 9 heteroatoms. The molecule has 2 amide bonds. The van der Waals surface area contributed by atoms with Crippen LogP contribution in [0.4, 0.5) is 4.79 Å². The van der Waals surface area contributed by atoms with Crippen molar-refractivity contribution in [3.63, 3.8) is 0 Å². The van der Waals surface area contributed by atoms with Gasteiger partial charge in [0.2, 0.25) is 10.0 Å². The lowest BCUT2D eigenvalue weighted by molar-refractivity contribution is 0.240. The number of nitrogens with one attached hydrogen (secondary N) is 2. The summed E-state index contributed by atoms with van der Waals surface area (Å²) in [6, 6.07) is 18.8. The Balaban J connectivity index is 1.54. The number of aromatic nitrogens is 1. The maximum Gasteiger partial charge on any atom is 0.315 e.